The normalized spacial score (nSPS) is 10.9. The summed E-state index contributed by atoms with van der Waals surface area (Å²) in [4.78, 5) is 14.4. The molecule has 0 spiro atoms. The van der Waals surface area contributed by atoms with Crippen LogP contribution in [0.1, 0.15) is 16.7 Å². The van der Waals surface area contributed by atoms with Crippen LogP contribution in [0.15, 0.2) is 23.0 Å². The molecule has 0 fully saturated rings. The highest BCUT2D eigenvalue weighted by molar-refractivity contribution is 5.80. The summed E-state index contributed by atoms with van der Waals surface area (Å²) < 4.78 is 0. The fourth-order valence-electron chi connectivity index (χ4n) is 1.67. The van der Waals surface area contributed by atoms with Crippen LogP contribution in [0.25, 0.3) is 10.9 Å². The van der Waals surface area contributed by atoms with E-state index in [0.717, 1.165) is 10.9 Å². The van der Waals surface area contributed by atoms with Crippen LogP contribution in [-0.4, -0.2) is 4.98 Å². The van der Waals surface area contributed by atoms with Gasteiger partial charge in [0.05, 0.1) is 0 Å². The zero-order valence-electron chi connectivity index (χ0n) is 8.92. The molecule has 0 aliphatic heterocycles. The van der Waals surface area contributed by atoms with Gasteiger partial charge in [-0.15, -0.1) is 0 Å². The van der Waals surface area contributed by atoms with Gasteiger partial charge in [0, 0.05) is 17.6 Å². The zero-order valence-corrected chi connectivity index (χ0v) is 8.92. The number of hydrogen-bond acceptors (Lipinski definition) is 2. The molecule has 0 amide bonds. The molecule has 0 saturated carbocycles. The Kier molecular flexibility index (Phi) is 2.32. The Morgan fingerprint density at radius 2 is 1.87 bits per heavy atom. The lowest BCUT2D eigenvalue weighted by atomic mass is 10.1. The van der Waals surface area contributed by atoms with Crippen LogP contribution in [0.5, 0.6) is 0 Å². The van der Waals surface area contributed by atoms with Gasteiger partial charge in [-0.3, -0.25) is 4.79 Å². The minimum atomic E-state index is -0.0896. The van der Waals surface area contributed by atoms with Crippen molar-refractivity contribution in [3.8, 4) is 0 Å². The molecule has 2 rings (SSSR count). The second kappa shape index (κ2) is 3.51. The summed E-state index contributed by atoms with van der Waals surface area (Å²) in [5.41, 5.74) is 9.30. The van der Waals surface area contributed by atoms with E-state index in [9.17, 15) is 4.79 Å². The summed E-state index contributed by atoms with van der Waals surface area (Å²) in [6, 6.07) is 5.92. The molecular formula is C12H14N2O. The van der Waals surface area contributed by atoms with Gasteiger partial charge < -0.3 is 10.7 Å². The smallest absolute Gasteiger partial charge is 0.252 e. The Hall–Kier alpha value is -1.61. The minimum absolute atomic E-state index is 0.0896. The summed E-state index contributed by atoms with van der Waals surface area (Å²) in [7, 11) is 0. The number of nitrogens with one attached hydrogen (secondary N) is 1. The van der Waals surface area contributed by atoms with E-state index in [-0.39, 0.29) is 12.1 Å². The monoisotopic (exact) mass is 202 g/mol. The first-order valence-electron chi connectivity index (χ1n) is 4.95. The number of rotatable bonds is 1. The van der Waals surface area contributed by atoms with E-state index in [1.165, 1.54) is 11.1 Å². The molecule has 0 saturated heterocycles. The van der Waals surface area contributed by atoms with Crippen molar-refractivity contribution in [1.29, 1.82) is 0 Å². The third-order valence-corrected chi connectivity index (χ3v) is 2.76. The summed E-state index contributed by atoms with van der Waals surface area (Å²) >= 11 is 0. The minimum Gasteiger partial charge on any atom is -0.326 e. The van der Waals surface area contributed by atoms with E-state index in [1.54, 1.807) is 0 Å². The molecule has 3 heteroatoms. The Balaban J connectivity index is 2.82. The first kappa shape index (κ1) is 9.93. The molecule has 0 bridgehead atoms. The predicted octanol–water partition coefficient (Wildman–Crippen LogP) is 1.60. The van der Waals surface area contributed by atoms with E-state index in [0.29, 0.717) is 5.56 Å². The molecule has 0 unspecified atom stereocenters. The maximum atomic E-state index is 11.5. The van der Waals surface area contributed by atoms with Crippen LogP contribution >= 0.6 is 0 Å². The second-order valence-corrected chi connectivity index (χ2v) is 3.85. The van der Waals surface area contributed by atoms with Crippen LogP contribution in [-0.2, 0) is 6.54 Å². The van der Waals surface area contributed by atoms with E-state index in [1.807, 2.05) is 19.1 Å². The van der Waals surface area contributed by atoms with E-state index < -0.39 is 0 Å². The van der Waals surface area contributed by atoms with Crippen LogP contribution in [0.3, 0.4) is 0 Å². The molecule has 3 nitrogen and oxygen atoms in total. The third-order valence-electron chi connectivity index (χ3n) is 2.76. The van der Waals surface area contributed by atoms with Gasteiger partial charge in [0.2, 0.25) is 0 Å². The van der Waals surface area contributed by atoms with Crippen LogP contribution in [0, 0.1) is 13.8 Å². The Morgan fingerprint density at radius 3 is 2.53 bits per heavy atom. The number of aromatic amines is 1. The SMILES string of the molecule is Cc1cc2cc(CN)c(=O)[nH]c2cc1C. The van der Waals surface area contributed by atoms with Crippen LogP contribution < -0.4 is 11.3 Å². The van der Waals surface area contributed by atoms with E-state index in [4.69, 9.17) is 5.73 Å². The number of hydrogen-bond donors (Lipinski definition) is 2. The van der Waals surface area contributed by atoms with E-state index >= 15 is 0 Å². The predicted molar refractivity (Wildman–Crippen MR) is 61.9 cm³/mol. The molecule has 1 aromatic carbocycles. The number of pyridine rings is 1. The fourth-order valence-corrected chi connectivity index (χ4v) is 1.67. The largest absolute Gasteiger partial charge is 0.326 e. The highest BCUT2D eigenvalue weighted by atomic mass is 16.1. The van der Waals surface area contributed by atoms with Gasteiger partial charge in [-0.1, -0.05) is 0 Å². The van der Waals surface area contributed by atoms with Gasteiger partial charge in [-0.2, -0.15) is 0 Å². The van der Waals surface area contributed by atoms with Crippen molar-refractivity contribution in [2.75, 3.05) is 0 Å². The lowest BCUT2D eigenvalue weighted by Crippen LogP contribution is -2.15. The van der Waals surface area contributed by atoms with E-state index in [2.05, 4.69) is 18.0 Å². The lowest BCUT2D eigenvalue weighted by molar-refractivity contribution is 1.03. The van der Waals surface area contributed by atoms with Gasteiger partial charge in [-0.25, -0.2) is 0 Å². The average molecular weight is 202 g/mol. The molecule has 0 radical (unpaired) electrons. The Labute approximate surface area is 87.9 Å². The number of H-pyrrole nitrogens is 1. The highest BCUT2D eigenvalue weighted by Gasteiger charge is 2.02. The van der Waals surface area contributed by atoms with Crippen molar-refractivity contribution >= 4 is 10.9 Å². The molecule has 78 valence electrons. The van der Waals surface area contributed by atoms with Gasteiger partial charge in [0.15, 0.2) is 0 Å². The van der Waals surface area contributed by atoms with Crippen molar-refractivity contribution in [1.82, 2.24) is 4.98 Å². The number of benzene rings is 1. The number of nitrogens with two attached hydrogens (primary N) is 1. The molecule has 0 aliphatic rings. The molecular weight excluding hydrogens is 188 g/mol. The van der Waals surface area contributed by atoms with Gasteiger partial charge in [0.25, 0.3) is 5.56 Å². The fraction of sp³-hybridized carbons (Fsp3) is 0.250. The zero-order chi connectivity index (χ0) is 11.0. The average Bonchev–Trinajstić information content (AvgIpc) is 2.20. The van der Waals surface area contributed by atoms with Gasteiger partial charge >= 0.3 is 0 Å². The number of fused-ring (bicyclic) bond motifs is 1. The molecule has 3 N–H and O–H groups in total. The first-order valence-corrected chi connectivity index (χ1v) is 4.95. The molecule has 2 aromatic rings. The van der Waals surface area contributed by atoms with Gasteiger partial charge in [-0.05, 0) is 48.6 Å². The number of aromatic nitrogens is 1. The highest BCUT2D eigenvalue weighted by Crippen LogP contribution is 2.16. The van der Waals surface area contributed by atoms with Crippen molar-refractivity contribution in [3.05, 3.63) is 45.2 Å². The van der Waals surface area contributed by atoms with Crippen LogP contribution in [0.2, 0.25) is 0 Å². The summed E-state index contributed by atoms with van der Waals surface area (Å²) in [6.07, 6.45) is 0. The Bertz CT molecular complexity index is 570. The maximum Gasteiger partial charge on any atom is 0.252 e. The van der Waals surface area contributed by atoms with Crippen LogP contribution in [0.4, 0.5) is 0 Å². The molecule has 15 heavy (non-hydrogen) atoms. The van der Waals surface area contributed by atoms with Gasteiger partial charge in [0.1, 0.15) is 0 Å². The molecule has 0 aliphatic carbocycles. The summed E-state index contributed by atoms with van der Waals surface area (Å²) in [5, 5.41) is 1.04. The van der Waals surface area contributed by atoms with Crippen molar-refractivity contribution in [2.24, 2.45) is 5.73 Å². The second-order valence-electron chi connectivity index (χ2n) is 3.85. The first-order chi connectivity index (χ1) is 7.11. The van der Waals surface area contributed by atoms with Crippen molar-refractivity contribution < 1.29 is 0 Å². The topological polar surface area (TPSA) is 58.9 Å². The maximum absolute atomic E-state index is 11.5. The molecule has 0 atom stereocenters. The van der Waals surface area contributed by atoms with Crippen molar-refractivity contribution in [2.45, 2.75) is 20.4 Å². The quantitative estimate of drug-likeness (QED) is 0.738. The summed E-state index contributed by atoms with van der Waals surface area (Å²) in [6.45, 7) is 4.37. The third kappa shape index (κ3) is 1.66. The summed E-state index contributed by atoms with van der Waals surface area (Å²) in [5.74, 6) is 0. The standard InChI is InChI=1S/C12H14N2O/c1-7-3-9-5-10(6-13)12(15)14-11(9)4-8(7)2/h3-5H,6,13H2,1-2H3,(H,14,15). The molecule has 1 aromatic heterocycles. The Morgan fingerprint density at radius 1 is 1.20 bits per heavy atom. The number of aryl methyl sites for hydroxylation is 2. The molecule has 1 heterocycles. The lowest BCUT2D eigenvalue weighted by Gasteiger charge is -2.05. The van der Waals surface area contributed by atoms with Crippen molar-refractivity contribution in [3.63, 3.8) is 0 Å².